The Morgan fingerprint density at radius 1 is 0.714 bits per heavy atom. The van der Waals surface area contributed by atoms with E-state index in [0.717, 1.165) is 86.3 Å². The number of aryl methyl sites for hydroxylation is 1. The average molecular weight is 927 g/mol. The summed E-state index contributed by atoms with van der Waals surface area (Å²) in [6.07, 6.45) is 6.42. The van der Waals surface area contributed by atoms with Gasteiger partial charge in [-0.25, -0.2) is 19.9 Å². The number of fused-ring (bicyclic) bond motifs is 4. The Kier molecular flexibility index (Phi) is 12.5. The summed E-state index contributed by atoms with van der Waals surface area (Å²) < 4.78 is 26.6. The molecule has 1 aliphatic carbocycles. The highest BCUT2D eigenvalue weighted by Gasteiger charge is 2.54. The molecule has 1 saturated heterocycles. The van der Waals surface area contributed by atoms with Gasteiger partial charge in [-0.15, -0.1) is 0 Å². The lowest BCUT2D eigenvalue weighted by molar-refractivity contribution is -0.160. The summed E-state index contributed by atoms with van der Waals surface area (Å²) in [4.78, 5) is 18.2. The quantitative estimate of drug-likeness (QED) is 0.115. The first-order chi connectivity index (χ1) is 30.6. The first-order valence-electron chi connectivity index (χ1n) is 21.1. The van der Waals surface area contributed by atoms with Crippen molar-refractivity contribution in [2.24, 2.45) is 5.92 Å². The number of rotatable bonds is 12. The SMILES string of the molecule is COc1ccc(CNc2ccc3ccc(Br)cc3n2)cc1.COc1ccc(CNc2ccc3ccc(CC[C@H]4C[C@@H](n5ccc6c(Cl)ncnc65)[C@@H]5OC(C)(C)O[C@H]45)cc3n2)cc1. The van der Waals surface area contributed by atoms with Crippen LogP contribution in [0.5, 0.6) is 11.5 Å². The normalized spacial score (nSPS) is 18.8. The number of ether oxygens (including phenoxy) is 4. The van der Waals surface area contributed by atoms with Crippen LogP contribution in [0.25, 0.3) is 32.8 Å². The van der Waals surface area contributed by atoms with Crippen molar-refractivity contribution in [2.45, 2.75) is 70.2 Å². The largest absolute Gasteiger partial charge is 0.497 e. The standard InChI is InChI=1S/C33H34ClN5O3.C17H15BrN2O/c1-33(2)41-29-23(17-27(30(29)42-33)39-15-14-25-31(34)36-19-37-32(25)39)9-5-20-4-8-22-10-13-28(38-26(22)16-20)35-18-21-6-11-24(40-3)12-7-21;1-21-15-7-2-12(3-8-15)11-19-17-9-5-13-4-6-14(18)10-16(13)20-17/h4,6-8,10-16,19,23,27,29-30H,5,9,17-18H2,1-3H3,(H,35,38);2-10H,11H2,1H3,(H,19,20)/t23-,27+,29+,30-;/m0./s1. The number of halogens is 2. The Labute approximate surface area is 380 Å². The smallest absolute Gasteiger partial charge is 0.163 e. The van der Waals surface area contributed by atoms with Crippen molar-refractivity contribution in [1.82, 2.24) is 24.5 Å². The van der Waals surface area contributed by atoms with Gasteiger partial charge in [-0.2, -0.15) is 0 Å². The van der Waals surface area contributed by atoms with Gasteiger partial charge in [-0.05, 0) is 129 Å². The molecule has 2 aliphatic rings. The predicted octanol–water partition coefficient (Wildman–Crippen LogP) is 11.6. The molecule has 0 amide bonds. The molecule has 11 nitrogen and oxygen atoms in total. The number of nitrogens with zero attached hydrogens (tertiary/aromatic N) is 5. The molecule has 0 unspecified atom stereocenters. The Hall–Kier alpha value is -5.79. The maximum atomic E-state index is 6.48. The highest BCUT2D eigenvalue weighted by molar-refractivity contribution is 9.10. The summed E-state index contributed by atoms with van der Waals surface area (Å²) in [7, 11) is 3.35. The van der Waals surface area contributed by atoms with Gasteiger partial charge in [-0.1, -0.05) is 70.0 Å². The summed E-state index contributed by atoms with van der Waals surface area (Å²) in [6, 6.07) is 39.1. The first-order valence-corrected chi connectivity index (χ1v) is 22.3. The van der Waals surface area contributed by atoms with E-state index in [1.165, 1.54) is 23.0 Å². The lowest BCUT2D eigenvalue weighted by atomic mass is 9.95. The van der Waals surface area contributed by atoms with Gasteiger partial charge in [0.15, 0.2) is 5.79 Å². The molecule has 322 valence electrons. The van der Waals surface area contributed by atoms with Crippen molar-refractivity contribution >= 4 is 72.0 Å². The van der Waals surface area contributed by atoms with E-state index in [9.17, 15) is 0 Å². The summed E-state index contributed by atoms with van der Waals surface area (Å²) >= 11 is 9.83. The zero-order valence-electron chi connectivity index (χ0n) is 35.6. The molecule has 10 rings (SSSR count). The maximum absolute atomic E-state index is 6.48. The fourth-order valence-electron chi connectivity index (χ4n) is 8.65. The fourth-order valence-corrected chi connectivity index (χ4v) is 9.19. The third-order valence-electron chi connectivity index (χ3n) is 11.8. The van der Waals surface area contributed by atoms with Crippen molar-refractivity contribution in [3.63, 3.8) is 0 Å². The third-order valence-corrected chi connectivity index (χ3v) is 12.6. The number of methoxy groups -OCH3 is 2. The molecule has 0 spiro atoms. The van der Waals surface area contributed by atoms with Gasteiger partial charge in [0.25, 0.3) is 0 Å². The number of pyridine rings is 2. The van der Waals surface area contributed by atoms with E-state index in [0.29, 0.717) is 17.6 Å². The van der Waals surface area contributed by atoms with Gasteiger partial charge in [0, 0.05) is 34.5 Å². The highest BCUT2D eigenvalue weighted by Crippen LogP contribution is 2.49. The van der Waals surface area contributed by atoms with Crippen LogP contribution in [0.2, 0.25) is 5.15 Å². The van der Waals surface area contributed by atoms with E-state index in [4.69, 9.17) is 35.5 Å². The second-order valence-electron chi connectivity index (χ2n) is 16.5. The van der Waals surface area contributed by atoms with Crippen molar-refractivity contribution in [3.8, 4) is 11.5 Å². The van der Waals surface area contributed by atoms with Gasteiger partial charge in [0.2, 0.25) is 0 Å². The molecule has 1 saturated carbocycles. The van der Waals surface area contributed by atoms with Gasteiger partial charge in [0.05, 0.1) is 42.8 Å². The molecular formula is C50H49BrClN7O4. The predicted molar refractivity (Wildman–Crippen MR) is 254 cm³/mol. The monoisotopic (exact) mass is 925 g/mol. The molecule has 4 atom stereocenters. The molecule has 0 radical (unpaired) electrons. The molecule has 13 heteroatoms. The summed E-state index contributed by atoms with van der Waals surface area (Å²) in [5, 5.41) is 10.4. The number of hydrogen-bond donors (Lipinski definition) is 2. The van der Waals surface area contributed by atoms with Crippen molar-refractivity contribution < 1.29 is 18.9 Å². The fraction of sp³-hybridized carbons (Fsp3) is 0.280. The molecule has 1 aliphatic heterocycles. The van der Waals surface area contributed by atoms with Gasteiger partial charge in [0.1, 0.15) is 46.4 Å². The zero-order chi connectivity index (χ0) is 43.5. The molecule has 2 fully saturated rings. The average Bonchev–Trinajstić information content (AvgIpc) is 3.98. The molecule has 4 aromatic heterocycles. The number of aromatic nitrogens is 5. The zero-order valence-corrected chi connectivity index (χ0v) is 37.9. The van der Waals surface area contributed by atoms with Crippen LogP contribution in [0.3, 0.4) is 0 Å². The van der Waals surface area contributed by atoms with E-state index in [1.807, 2.05) is 80.6 Å². The summed E-state index contributed by atoms with van der Waals surface area (Å²) in [5.41, 5.74) is 6.43. The van der Waals surface area contributed by atoms with Gasteiger partial charge >= 0.3 is 0 Å². The molecule has 5 heterocycles. The van der Waals surface area contributed by atoms with E-state index < -0.39 is 5.79 Å². The van der Waals surface area contributed by atoms with E-state index in [1.54, 1.807) is 14.2 Å². The lowest BCUT2D eigenvalue weighted by Crippen LogP contribution is -2.27. The van der Waals surface area contributed by atoms with Crippen LogP contribution in [-0.2, 0) is 29.0 Å². The van der Waals surface area contributed by atoms with Crippen LogP contribution >= 0.6 is 27.5 Å². The third kappa shape index (κ3) is 9.74. The number of nitrogens with one attached hydrogen (secondary N) is 2. The van der Waals surface area contributed by atoms with E-state index in [2.05, 4.69) is 101 Å². The number of benzene rings is 4. The summed E-state index contributed by atoms with van der Waals surface area (Å²) in [5.74, 6) is 3.18. The number of hydrogen-bond acceptors (Lipinski definition) is 10. The van der Waals surface area contributed by atoms with Crippen LogP contribution < -0.4 is 20.1 Å². The van der Waals surface area contributed by atoms with Crippen LogP contribution in [0.15, 0.2) is 132 Å². The maximum Gasteiger partial charge on any atom is 0.163 e. The van der Waals surface area contributed by atoms with E-state index >= 15 is 0 Å². The second kappa shape index (κ2) is 18.5. The lowest BCUT2D eigenvalue weighted by Gasteiger charge is -2.24. The summed E-state index contributed by atoms with van der Waals surface area (Å²) in [6.45, 7) is 5.43. The second-order valence-corrected chi connectivity index (χ2v) is 17.7. The van der Waals surface area contributed by atoms with Crippen LogP contribution in [0, 0.1) is 5.92 Å². The molecule has 8 aromatic rings. The topological polar surface area (TPSA) is 117 Å². The molecule has 2 N–H and O–H groups in total. The van der Waals surface area contributed by atoms with Gasteiger partial charge < -0.3 is 34.1 Å². The Bertz CT molecular complexity index is 2860. The van der Waals surface area contributed by atoms with Crippen LogP contribution in [-0.4, -0.2) is 56.7 Å². The van der Waals surface area contributed by atoms with Crippen LogP contribution in [0.1, 0.15) is 49.4 Å². The van der Waals surface area contributed by atoms with Crippen molar-refractivity contribution in [3.05, 3.63) is 154 Å². The minimum atomic E-state index is -0.621. The Balaban J connectivity index is 0.000000201. The van der Waals surface area contributed by atoms with Crippen LogP contribution in [0.4, 0.5) is 11.6 Å². The van der Waals surface area contributed by atoms with Gasteiger partial charge in [-0.3, -0.25) is 0 Å². The van der Waals surface area contributed by atoms with Crippen molar-refractivity contribution in [1.29, 1.82) is 0 Å². The molecule has 63 heavy (non-hydrogen) atoms. The molecule has 0 bridgehead atoms. The minimum Gasteiger partial charge on any atom is -0.497 e. The Morgan fingerprint density at radius 2 is 1.29 bits per heavy atom. The Morgan fingerprint density at radius 3 is 1.92 bits per heavy atom. The molecular weight excluding hydrogens is 878 g/mol. The first kappa shape index (κ1) is 42.5. The molecule has 4 aromatic carbocycles. The number of anilines is 2. The highest BCUT2D eigenvalue weighted by atomic mass is 79.9. The van der Waals surface area contributed by atoms with E-state index in [-0.39, 0.29) is 18.2 Å². The van der Waals surface area contributed by atoms with Crippen molar-refractivity contribution in [2.75, 3.05) is 24.9 Å². The minimum absolute atomic E-state index is 0.0205.